The summed E-state index contributed by atoms with van der Waals surface area (Å²) in [5, 5.41) is 6.85. The molecule has 1 aliphatic rings. The maximum atomic E-state index is 11.0. The van der Waals surface area contributed by atoms with Crippen molar-refractivity contribution in [1.82, 2.24) is 15.6 Å². The summed E-state index contributed by atoms with van der Waals surface area (Å²) in [4.78, 5) is 13.6. The highest BCUT2D eigenvalue weighted by molar-refractivity contribution is 6.30. The van der Waals surface area contributed by atoms with Crippen molar-refractivity contribution in [3.63, 3.8) is 0 Å². The number of hydrogen-bond donors (Lipinski definition) is 3. The van der Waals surface area contributed by atoms with Gasteiger partial charge in [-0.05, 0) is 11.6 Å². The Labute approximate surface area is 86.7 Å². The van der Waals surface area contributed by atoms with E-state index < -0.39 is 0 Å². The van der Waals surface area contributed by atoms with Crippen LogP contribution < -0.4 is 16.2 Å². The fourth-order valence-corrected chi connectivity index (χ4v) is 1.74. The number of hydrogen-bond acceptors (Lipinski definition) is 3. The van der Waals surface area contributed by atoms with Crippen molar-refractivity contribution in [2.45, 2.75) is 6.04 Å². The molecule has 76 valence electrons. The fourth-order valence-electron chi connectivity index (χ4n) is 1.56. The summed E-state index contributed by atoms with van der Waals surface area (Å²) >= 11 is 5.74. The second-order valence-electron chi connectivity index (χ2n) is 3.32. The van der Waals surface area contributed by atoms with Crippen LogP contribution in [-0.2, 0) is 0 Å². The van der Waals surface area contributed by atoms with Crippen LogP contribution in [0.5, 0.6) is 0 Å². The van der Waals surface area contributed by atoms with Crippen LogP contribution in [0.1, 0.15) is 11.6 Å². The van der Waals surface area contributed by atoms with E-state index in [2.05, 4.69) is 15.6 Å². The molecular formula is C9H12ClN3O. The smallest absolute Gasteiger partial charge is 0.266 e. The van der Waals surface area contributed by atoms with Crippen LogP contribution in [-0.4, -0.2) is 24.6 Å². The van der Waals surface area contributed by atoms with Crippen LogP contribution in [0, 0.1) is 0 Å². The van der Waals surface area contributed by atoms with Gasteiger partial charge in [0.2, 0.25) is 0 Å². The summed E-state index contributed by atoms with van der Waals surface area (Å²) in [6, 6.07) is 1.95. The normalized spacial score (nSPS) is 22.2. The van der Waals surface area contributed by atoms with Gasteiger partial charge in [0.15, 0.2) is 0 Å². The SMILES string of the molecule is O=c1[nH]cc([C@H]2CNCCN2)cc1Cl. The van der Waals surface area contributed by atoms with E-state index in [4.69, 9.17) is 11.6 Å². The molecule has 0 radical (unpaired) electrons. The molecule has 0 aliphatic carbocycles. The summed E-state index contributed by atoms with van der Waals surface area (Å²) in [6.07, 6.45) is 1.71. The molecule has 1 aromatic rings. The van der Waals surface area contributed by atoms with Crippen LogP contribution >= 0.6 is 11.6 Å². The predicted molar refractivity (Wildman–Crippen MR) is 55.7 cm³/mol. The Balaban J connectivity index is 2.22. The number of aromatic amines is 1. The molecule has 0 amide bonds. The molecule has 2 rings (SSSR count). The van der Waals surface area contributed by atoms with Crippen LogP contribution in [0.15, 0.2) is 17.1 Å². The first kappa shape index (κ1) is 9.71. The van der Waals surface area contributed by atoms with Crippen molar-refractivity contribution < 1.29 is 0 Å². The minimum Gasteiger partial charge on any atom is -0.327 e. The number of halogens is 1. The highest BCUT2D eigenvalue weighted by Gasteiger charge is 2.14. The van der Waals surface area contributed by atoms with Crippen LogP contribution in [0.2, 0.25) is 5.02 Å². The van der Waals surface area contributed by atoms with Gasteiger partial charge < -0.3 is 15.6 Å². The summed E-state index contributed by atoms with van der Waals surface area (Å²) in [7, 11) is 0. The molecule has 3 N–H and O–H groups in total. The maximum Gasteiger partial charge on any atom is 0.266 e. The molecule has 1 aromatic heterocycles. The van der Waals surface area contributed by atoms with Crippen molar-refractivity contribution >= 4 is 11.6 Å². The van der Waals surface area contributed by atoms with Gasteiger partial charge in [0.1, 0.15) is 5.02 Å². The van der Waals surface area contributed by atoms with Crippen LogP contribution in [0.4, 0.5) is 0 Å². The Hall–Kier alpha value is -0.840. The standard InChI is InChI=1S/C9H12ClN3O/c10-7-3-6(4-13-9(7)14)8-5-11-1-2-12-8/h3-4,8,11-12H,1-2,5H2,(H,13,14)/t8-/m1/s1. The Morgan fingerprint density at radius 1 is 1.43 bits per heavy atom. The van der Waals surface area contributed by atoms with E-state index in [-0.39, 0.29) is 16.6 Å². The average molecular weight is 214 g/mol. The number of rotatable bonds is 1. The van der Waals surface area contributed by atoms with E-state index in [9.17, 15) is 4.79 Å². The first-order valence-electron chi connectivity index (χ1n) is 4.59. The molecule has 0 aromatic carbocycles. The maximum absolute atomic E-state index is 11.0. The summed E-state index contributed by atoms with van der Waals surface area (Å²) in [5.41, 5.74) is 0.779. The molecule has 4 nitrogen and oxygen atoms in total. The molecular weight excluding hydrogens is 202 g/mol. The number of pyridine rings is 1. The van der Waals surface area contributed by atoms with Crippen LogP contribution in [0.3, 0.4) is 0 Å². The minimum absolute atomic E-state index is 0.234. The topological polar surface area (TPSA) is 56.9 Å². The molecule has 0 spiro atoms. The van der Waals surface area contributed by atoms with E-state index in [0.717, 1.165) is 25.2 Å². The van der Waals surface area contributed by atoms with Gasteiger partial charge in [0, 0.05) is 31.9 Å². The molecule has 1 saturated heterocycles. The third kappa shape index (κ3) is 1.97. The lowest BCUT2D eigenvalue weighted by Crippen LogP contribution is -2.42. The zero-order valence-electron chi connectivity index (χ0n) is 7.64. The summed E-state index contributed by atoms with van der Waals surface area (Å²) in [5.74, 6) is 0. The zero-order chi connectivity index (χ0) is 9.97. The largest absolute Gasteiger partial charge is 0.327 e. The number of aromatic nitrogens is 1. The lowest BCUT2D eigenvalue weighted by Gasteiger charge is -2.24. The first-order chi connectivity index (χ1) is 6.77. The molecule has 1 atom stereocenters. The highest BCUT2D eigenvalue weighted by atomic mass is 35.5. The van der Waals surface area contributed by atoms with Gasteiger partial charge in [-0.25, -0.2) is 0 Å². The third-order valence-corrected chi connectivity index (χ3v) is 2.60. The molecule has 1 aliphatic heterocycles. The number of nitrogens with one attached hydrogen (secondary N) is 3. The van der Waals surface area contributed by atoms with E-state index in [1.807, 2.05) is 0 Å². The molecule has 0 unspecified atom stereocenters. The average Bonchev–Trinajstić information content (AvgIpc) is 2.23. The second kappa shape index (κ2) is 4.13. The lowest BCUT2D eigenvalue weighted by molar-refractivity contribution is 0.429. The number of H-pyrrole nitrogens is 1. The fraction of sp³-hybridized carbons (Fsp3) is 0.444. The minimum atomic E-state index is -0.237. The first-order valence-corrected chi connectivity index (χ1v) is 4.97. The van der Waals surface area contributed by atoms with Gasteiger partial charge in [-0.2, -0.15) is 0 Å². The van der Waals surface area contributed by atoms with Gasteiger partial charge in [-0.3, -0.25) is 4.79 Å². The van der Waals surface area contributed by atoms with Gasteiger partial charge >= 0.3 is 0 Å². The van der Waals surface area contributed by atoms with Gasteiger partial charge in [0.25, 0.3) is 5.56 Å². The molecule has 14 heavy (non-hydrogen) atoms. The molecule has 0 saturated carbocycles. The summed E-state index contributed by atoms with van der Waals surface area (Å²) in [6.45, 7) is 2.78. The Kier molecular flexibility index (Phi) is 2.86. The quantitative estimate of drug-likeness (QED) is 0.628. The molecule has 5 heteroatoms. The van der Waals surface area contributed by atoms with Gasteiger partial charge in [-0.15, -0.1) is 0 Å². The Morgan fingerprint density at radius 3 is 2.93 bits per heavy atom. The molecule has 2 heterocycles. The number of piperazine rings is 1. The lowest BCUT2D eigenvalue weighted by atomic mass is 10.1. The van der Waals surface area contributed by atoms with E-state index in [1.165, 1.54) is 0 Å². The van der Waals surface area contributed by atoms with Crippen molar-refractivity contribution in [2.24, 2.45) is 0 Å². The molecule has 0 bridgehead atoms. The van der Waals surface area contributed by atoms with Crippen molar-refractivity contribution in [3.05, 3.63) is 33.2 Å². The third-order valence-electron chi connectivity index (χ3n) is 2.32. The van der Waals surface area contributed by atoms with E-state index in [1.54, 1.807) is 12.3 Å². The van der Waals surface area contributed by atoms with E-state index >= 15 is 0 Å². The van der Waals surface area contributed by atoms with Gasteiger partial charge in [0.05, 0.1) is 0 Å². The van der Waals surface area contributed by atoms with Crippen molar-refractivity contribution in [3.8, 4) is 0 Å². The highest BCUT2D eigenvalue weighted by Crippen LogP contribution is 2.14. The van der Waals surface area contributed by atoms with Crippen molar-refractivity contribution in [2.75, 3.05) is 19.6 Å². The zero-order valence-corrected chi connectivity index (χ0v) is 8.40. The predicted octanol–water partition coefficient (Wildman–Crippen LogP) is 0.262. The Bertz CT molecular complexity index is 371. The monoisotopic (exact) mass is 213 g/mol. The van der Waals surface area contributed by atoms with Crippen LogP contribution in [0.25, 0.3) is 0 Å². The Morgan fingerprint density at radius 2 is 2.29 bits per heavy atom. The van der Waals surface area contributed by atoms with Crippen molar-refractivity contribution in [1.29, 1.82) is 0 Å². The van der Waals surface area contributed by atoms with Gasteiger partial charge in [-0.1, -0.05) is 11.6 Å². The molecule has 1 fully saturated rings. The van der Waals surface area contributed by atoms with E-state index in [0.29, 0.717) is 0 Å². The summed E-state index contributed by atoms with van der Waals surface area (Å²) < 4.78 is 0. The second-order valence-corrected chi connectivity index (χ2v) is 3.73.